The van der Waals surface area contributed by atoms with E-state index in [-0.39, 0.29) is 17.3 Å². The zero-order valence-corrected chi connectivity index (χ0v) is 12.7. The third-order valence-electron chi connectivity index (χ3n) is 4.58. The van der Waals surface area contributed by atoms with E-state index in [1.807, 2.05) is 0 Å². The molecule has 1 aromatic rings. The molecule has 2 aliphatic heterocycles. The molecule has 1 N–H and O–H groups in total. The van der Waals surface area contributed by atoms with E-state index in [1.54, 1.807) is 12.1 Å². The van der Waals surface area contributed by atoms with Crippen LogP contribution in [-0.4, -0.2) is 32.4 Å². The van der Waals surface area contributed by atoms with Crippen molar-refractivity contribution in [3.63, 3.8) is 0 Å². The van der Waals surface area contributed by atoms with Gasteiger partial charge in [-0.25, -0.2) is 4.39 Å². The van der Waals surface area contributed by atoms with Crippen LogP contribution in [0.1, 0.15) is 31.7 Å². The van der Waals surface area contributed by atoms with Gasteiger partial charge in [0.1, 0.15) is 17.7 Å². The van der Waals surface area contributed by atoms with Gasteiger partial charge >= 0.3 is 0 Å². The fraction of sp³-hybridized carbons (Fsp3) is 0.647. The Bertz CT molecular complexity index is 486. The summed E-state index contributed by atoms with van der Waals surface area (Å²) in [4.78, 5) is 0. The lowest BCUT2D eigenvalue weighted by Gasteiger charge is -2.38. The Labute approximate surface area is 125 Å². The standard InChI is InChI=1S/C17H24FNO2/c1-2-19-11-17(6-3-7-20-12-17)10-15-9-13-8-14(18)4-5-16(13)21-15/h4-5,8,15,19H,2-3,6-7,9-12H2,1H3. The maximum absolute atomic E-state index is 13.3. The zero-order chi connectivity index (χ0) is 14.7. The van der Waals surface area contributed by atoms with Gasteiger partial charge < -0.3 is 14.8 Å². The second-order valence-electron chi connectivity index (χ2n) is 6.34. The first kappa shape index (κ1) is 14.8. The molecule has 21 heavy (non-hydrogen) atoms. The van der Waals surface area contributed by atoms with Crippen molar-refractivity contribution in [1.82, 2.24) is 5.32 Å². The van der Waals surface area contributed by atoms with Crippen molar-refractivity contribution < 1.29 is 13.9 Å². The van der Waals surface area contributed by atoms with E-state index in [4.69, 9.17) is 9.47 Å². The van der Waals surface area contributed by atoms with Crippen LogP contribution in [0.25, 0.3) is 0 Å². The molecule has 0 spiro atoms. The average Bonchev–Trinajstić information content (AvgIpc) is 2.87. The van der Waals surface area contributed by atoms with E-state index >= 15 is 0 Å². The molecule has 0 radical (unpaired) electrons. The Hall–Kier alpha value is -1.13. The van der Waals surface area contributed by atoms with E-state index in [1.165, 1.54) is 12.5 Å². The fourth-order valence-electron chi connectivity index (χ4n) is 3.56. The van der Waals surface area contributed by atoms with Gasteiger partial charge in [-0.3, -0.25) is 0 Å². The monoisotopic (exact) mass is 293 g/mol. The van der Waals surface area contributed by atoms with Gasteiger partial charge in [0.15, 0.2) is 0 Å². The maximum Gasteiger partial charge on any atom is 0.123 e. The van der Waals surface area contributed by atoms with Crippen molar-refractivity contribution in [3.8, 4) is 5.75 Å². The van der Waals surface area contributed by atoms with E-state index in [0.29, 0.717) is 0 Å². The molecule has 1 fully saturated rings. The van der Waals surface area contributed by atoms with Crippen LogP contribution in [0.2, 0.25) is 0 Å². The quantitative estimate of drug-likeness (QED) is 0.905. The van der Waals surface area contributed by atoms with Gasteiger partial charge in [-0.05, 0) is 44.0 Å². The molecule has 4 heteroatoms. The molecule has 0 amide bonds. The predicted octanol–water partition coefficient (Wildman–Crippen LogP) is 2.93. The number of hydrogen-bond donors (Lipinski definition) is 1. The van der Waals surface area contributed by atoms with Crippen LogP contribution in [0.3, 0.4) is 0 Å². The Morgan fingerprint density at radius 1 is 1.43 bits per heavy atom. The second kappa shape index (κ2) is 6.32. The molecule has 0 saturated carbocycles. The Balaban J connectivity index is 1.67. The fourth-order valence-corrected chi connectivity index (χ4v) is 3.56. The Morgan fingerprint density at radius 3 is 3.10 bits per heavy atom. The van der Waals surface area contributed by atoms with Gasteiger partial charge in [0.25, 0.3) is 0 Å². The minimum Gasteiger partial charge on any atom is -0.490 e. The molecule has 0 bridgehead atoms. The summed E-state index contributed by atoms with van der Waals surface area (Å²) in [6.45, 7) is 5.73. The van der Waals surface area contributed by atoms with E-state index < -0.39 is 0 Å². The largest absolute Gasteiger partial charge is 0.490 e. The minimum atomic E-state index is -0.179. The Kier molecular flexibility index (Phi) is 4.45. The van der Waals surface area contributed by atoms with Gasteiger partial charge in [0.05, 0.1) is 6.61 Å². The first-order valence-corrected chi connectivity index (χ1v) is 7.94. The molecular formula is C17H24FNO2. The zero-order valence-electron chi connectivity index (χ0n) is 12.7. The van der Waals surface area contributed by atoms with Gasteiger partial charge in [-0.2, -0.15) is 0 Å². The molecule has 2 aliphatic rings. The number of ether oxygens (including phenoxy) is 2. The highest BCUT2D eigenvalue weighted by Crippen LogP contribution is 2.38. The summed E-state index contributed by atoms with van der Waals surface area (Å²) in [5.74, 6) is 0.665. The highest BCUT2D eigenvalue weighted by atomic mass is 19.1. The molecule has 1 saturated heterocycles. The molecule has 116 valence electrons. The summed E-state index contributed by atoms with van der Waals surface area (Å²) in [6, 6.07) is 4.82. The van der Waals surface area contributed by atoms with Crippen LogP contribution < -0.4 is 10.1 Å². The first-order chi connectivity index (χ1) is 10.2. The summed E-state index contributed by atoms with van der Waals surface area (Å²) in [6.07, 6.45) is 4.20. The maximum atomic E-state index is 13.3. The van der Waals surface area contributed by atoms with E-state index in [9.17, 15) is 4.39 Å². The topological polar surface area (TPSA) is 30.5 Å². The number of nitrogens with one attached hydrogen (secondary N) is 1. The third kappa shape index (κ3) is 3.38. The van der Waals surface area contributed by atoms with Crippen molar-refractivity contribution in [1.29, 1.82) is 0 Å². The van der Waals surface area contributed by atoms with E-state index in [2.05, 4.69) is 12.2 Å². The summed E-state index contributed by atoms with van der Waals surface area (Å²) in [5, 5.41) is 3.47. The van der Waals surface area contributed by atoms with Crippen LogP contribution in [0.5, 0.6) is 5.75 Å². The Morgan fingerprint density at radius 2 is 2.33 bits per heavy atom. The van der Waals surface area contributed by atoms with Crippen molar-refractivity contribution >= 4 is 0 Å². The molecule has 2 unspecified atom stereocenters. The molecule has 3 rings (SSSR count). The van der Waals surface area contributed by atoms with Crippen molar-refractivity contribution in [3.05, 3.63) is 29.6 Å². The van der Waals surface area contributed by atoms with Crippen LogP contribution >= 0.6 is 0 Å². The molecule has 0 aromatic heterocycles. The normalized spacial score (nSPS) is 28.2. The van der Waals surface area contributed by atoms with Gasteiger partial charge in [0, 0.05) is 30.6 Å². The molecule has 3 nitrogen and oxygen atoms in total. The number of benzene rings is 1. The van der Waals surface area contributed by atoms with Crippen LogP contribution in [0.4, 0.5) is 4.39 Å². The lowest BCUT2D eigenvalue weighted by atomic mass is 9.77. The van der Waals surface area contributed by atoms with Gasteiger partial charge in [-0.15, -0.1) is 0 Å². The van der Waals surface area contributed by atoms with Crippen LogP contribution in [0, 0.1) is 11.2 Å². The highest BCUT2D eigenvalue weighted by Gasteiger charge is 2.37. The minimum absolute atomic E-state index is 0.141. The first-order valence-electron chi connectivity index (χ1n) is 7.94. The van der Waals surface area contributed by atoms with Gasteiger partial charge in [0.2, 0.25) is 0 Å². The van der Waals surface area contributed by atoms with Crippen LogP contribution in [-0.2, 0) is 11.2 Å². The van der Waals surface area contributed by atoms with Crippen molar-refractivity contribution in [2.75, 3.05) is 26.3 Å². The number of halogens is 1. The predicted molar refractivity (Wildman–Crippen MR) is 80.2 cm³/mol. The summed E-state index contributed by atoms with van der Waals surface area (Å²) in [7, 11) is 0. The highest BCUT2D eigenvalue weighted by molar-refractivity contribution is 5.37. The van der Waals surface area contributed by atoms with Gasteiger partial charge in [-0.1, -0.05) is 6.92 Å². The van der Waals surface area contributed by atoms with E-state index in [0.717, 1.165) is 56.9 Å². The van der Waals surface area contributed by atoms with Crippen molar-refractivity contribution in [2.45, 2.75) is 38.7 Å². The number of hydrogen-bond acceptors (Lipinski definition) is 3. The summed E-state index contributed by atoms with van der Waals surface area (Å²) >= 11 is 0. The lowest BCUT2D eigenvalue weighted by molar-refractivity contribution is -0.0277. The molecular weight excluding hydrogens is 269 g/mol. The molecule has 0 aliphatic carbocycles. The molecule has 2 heterocycles. The lowest BCUT2D eigenvalue weighted by Crippen LogP contribution is -2.44. The SMILES string of the molecule is CCNCC1(CC2Cc3cc(F)ccc3O2)CCCOC1. The summed E-state index contributed by atoms with van der Waals surface area (Å²) in [5.41, 5.74) is 1.15. The average molecular weight is 293 g/mol. The molecule has 1 aromatic carbocycles. The van der Waals surface area contributed by atoms with Crippen LogP contribution in [0.15, 0.2) is 18.2 Å². The summed E-state index contributed by atoms with van der Waals surface area (Å²) < 4.78 is 25.1. The van der Waals surface area contributed by atoms with Crippen molar-refractivity contribution in [2.24, 2.45) is 5.41 Å². The molecule has 2 atom stereocenters. The number of rotatable bonds is 5. The second-order valence-corrected chi connectivity index (χ2v) is 6.34. The smallest absolute Gasteiger partial charge is 0.123 e. The number of fused-ring (bicyclic) bond motifs is 1. The third-order valence-corrected chi connectivity index (χ3v) is 4.58.